The lowest BCUT2D eigenvalue weighted by Crippen LogP contribution is -2.28. The van der Waals surface area contributed by atoms with Gasteiger partial charge in [-0.05, 0) is 38.1 Å². The van der Waals surface area contributed by atoms with Crippen LogP contribution in [0.15, 0.2) is 6.20 Å². The molecule has 0 amide bonds. The molecule has 1 unspecified atom stereocenters. The Kier molecular flexibility index (Phi) is 2.30. The Labute approximate surface area is 88.7 Å². The molecule has 0 bridgehead atoms. The molecule has 1 saturated heterocycles. The predicted octanol–water partition coefficient (Wildman–Crippen LogP) is 2.49. The van der Waals surface area contributed by atoms with Crippen molar-refractivity contribution in [3.05, 3.63) is 16.1 Å². The summed E-state index contributed by atoms with van der Waals surface area (Å²) in [5.41, 5.74) is 0. The van der Waals surface area contributed by atoms with Crippen molar-refractivity contribution in [2.24, 2.45) is 0 Å². The van der Waals surface area contributed by atoms with E-state index in [-0.39, 0.29) is 0 Å². The fraction of sp³-hybridized carbons (Fsp3) is 0.727. The normalized spacial score (nSPS) is 27.9. The van der Waals surface area contributed by atoms with Crippen LogP contribution in [0.3, 0.4) is 0 Å². The van der Waals surface area contributed by atoms with Gasteiger partial charge in [0.2, 0.25) is 0 Å². The first kappa shape index (κ1) is 8.86. The Morgan fingerprint density at radius 1 is 1.29 bits per heavy atom. The first-order valence-electron chi connectivity index (χ1n) is 5.60. The van der Waals surface area contributed by atoms with E-state index >= 15 is 0 Å². The number of rotatable bonds is 2. The minimum absolute atomic E-state index is 0.696. The van der Waals surface area contributed by atoms with Crippen LogP contribution in [0.25, 0.3) is 0 Å². The number of nitrogens with zero attached hydrogens (tertiary/aromatic N) is 1. The molecule has 76 valence electrons. The Morgan fingerprint density at radius 2 is 2.21 bits per heavy atom. The van der Waals surface area contributed by atoms with Gasteiger partial charge in [0.15, 0.2) is 0 Å². The number of nitrogens with one attached hydrogen (secondary N) is 1. The number of piperidine rings is 1. The third kappa shape index (κ3) is 1.71. The fourth-order valence-corrected chi connectivity index (χ4v) is 3.33. The van der Waals surface area contributed by atoms with E-state index in [0.29, 0.717) is 5.92 Å². The number of hydrogen-bond donors (Lipinski definition) is 1. The van der Waals surface area contributed by atoms with Crippen molar-refractivity contribution >= 4 is 11.3 Å². The van der Waals surface area contributed by atoms with Crippen LogP contribution in [0.5, 0.6) is 0 Å². The third-order valence-corrected chi connectivity index (χ3v) is 4.49. The minimum atomic E-state index is 0.696. The predicted molar refractivity (Wildman–Crippen MR) is 58.9 cm³/mol. The van der Waals surface area contributed by atoms with Crippen molar-refractivity contribution in [3.63, 3.8) is 0 Å². The molecule has 0 radical (unpaired) electrons. The number of hydrogen-bond acceptors (Lipinski definition) is 3. The largest absolute Gasteiger partial charge is 0.316 e. The molecule has 2 heterocycles. The summed E-state index contributed by atoms with van der Waals surface area (Å²) in [7, 11) is 0. The smallest absolute Gasteiger partial charge is 0.0971 e. The second kappa shape index (κ2) is 3.63. The van der Waals surface area contributed by atoms with Crippen molar-refractivity contribution in [3.8, 4) is 0 Å². The lowest BCUT2D eigenvalue weighted by Gasteiger charge is -2.20. The second-order valence-corrected chi connectivity index (χ2v) is 5.51. The van der Waals surface area contributed by atoms with Gasteiger partial charge in [-0.15, -0.1) is 11.3 Å². The minimum Gasteiger partial charge on any atom is -0.316 e. The highest BCUT2D eigenvalue weighted by Gasteiger charge is 2.27. The first-order chi connectivity index (χ1) is 6.93. The summed E-state index contributed by atoms with van der Waals surface area (Å²) in [4.78, 5) is 6.11. The molecule has 1 aliphatic heterocycles. The highest BCUT2D eigenvalue weighted by molar-refractivity contribution is 7.11. The highest BCUT2D eigenvalue weighted by atomic mass is 32.1. The van der Waals surface area contributed by atoms with Gasteiger partial charge >= 0.3 is 0 Å². The van der Waals surface area contributed by atoms with Crippen molar-refractivity contribution < 1.29 is 0 Å². The van der Waals surface area contributed by atoms with Gasteiger partial charge in [-0.1, -0.05) is 0 Å². The van der Waals surface area contributed by atoms with E-state index in [9.17, 15) is 0 Å². The molecule has 14 heavy (non-hydrogen) atoms. The van der Waals surface area contributed by atoms with Crippen LogP contribution in [0, 0.1) is 0 Å². The Hall–Kier alpha value is -0.410. The maximum absolute atomic E-state index is 4.58. The van der Waals surface area contributed by atoms with E-state index in [1.54, 1.807) is 0 Å². The van der Waals surface area contributed by atoms with Gasteiger partial charge in [0.05, 0.1) is 5.01 Å². The first-order valence-corrected chi connectivity index (χ1v) is 6.41. The van der Waals surface area contributed by atoms with Gasteiger partial charge in [0, 0.05) is 23.5 Å². The molecule has 3 rings (SSSR count). The Bertz CT molecular complexity index is 311. The zero-order valence-electron chi connectivity index (χ0n) is 8.33. The summed E-state index contributed by atoms with van der Waals surface area (Å²) in [6.45, 7) is 2.33. The zero-order valence-corrected chi connectivity index (χ0v) is 9.15. The Morgan fingerprint density at radius 3 is 2.93 bits per heavy atom. The fourth-order valence-electron chi connectivity index (χ4n) is 2.11. The monoisotopic (exact) mass is 208 g/mol. The van der Waals surface area contributed by atoms with Crippen LogP contribution in [0.2, 0.25) is 0 Å². The van der Waals surface area contributed by atoms with Crippen LogP contribution < -0.4 is 5.32 Å². The van der Waals surface area contributed by atoms with Crippen LogP contribution in [0.1, 0.15) is 47.4 Å². The van der Waals surface area contributed by atoms with E-state index in [2.05, 4.69) is 16.5 Å². The van der Waals surface area contributed by atoms with Crippen LogP contribution in [0.4, 0.5) is 0 Å². The van der Waals surface area contributed by atoms with Crippen molar-refractivity contribution in [2.45, 2.75) is 37.5 Å². The molecule has 0 spiro atoms. The second-order valence-electron chi connectivity index (χ2n) is 4.42. The summed E-state index contributed by atoms with van der Waals surface area (Å²) in [5.74, 6) is 1.57. The molecule has 2 aliphatic rings. The van der Waals surface area contributed by atoms with Crippen LogP contribution >= 0.6 is 11.3 Å². The number of aromatic nitrogens is 1. The van der Waals surface area contributed by atoms with Gasteiger partial charge in [0.1, 0.15) is 0 Å². The maximum Gasteiger partial charge on any atom is 0.0971 e. The molecule has 1 aliphatic carbocycles. The van der Waals surface area contributed by atoms with Gasteiger partial charge < -0.3 is 5.32 Å². The summed E-state index contributed by atoms with van der Waals surface area (Å²) >= 11 is 1.96. The summed E-state index contributed by atoms with van der Waals surface area (Å²) in [5, 5.41) is 4.83. The Balaban J connectivity index is 1.74. The van der Waals surface area contributed by atoms with E-state index in [1.807, 2.05) is 11.3 Å². The van der Waals surface area contributed by atoms with Crippen LogP contribution in [-0.4, -0.2) is 18.1 Å². The van der Waals surface area contributed by atoms with Gasteiger partial charge in [-0.2, -0.15) is 0 Å². The van der Waals surface area contributed by atoms with E-state index in [1.165, 1.54) is 42.1 Å². The molecule has 1 N–H and O–H groups in total. The molecular weight excluding hydrogens is 192 g/mol. The van der Waals surface area contributed by atoms with Gasteiger partial charge in [-0.25, -0.2) is 4.98 Å². The molecular formula is C11H16N2S. The van der Waals surface area contributed by atoms with Crippen LogP contribution in [-0.2, 0) is 0 Å². The topological polar surface area (TPSA) is 24.9 Å². The summed E-state index contributed by atoms with van der Waals surface area (Å²) in [6.07, 6.45) is 7.54. The molecule has 1 aromatic rings. The molecule has 1 atom stereocenters. The molecule has 2 nitrogen and oxygen atoms in total. The van der Waals surface area contributed by atoms with Crippen molar-refractivity contribution in [1.29, 1.82) is 0 Å². The van der Waals surface area contributed by atoms with Crippen molar-refractivity contribution in [2.75, 3.05) is 13.1 Å². The standard InChI is InChI=1S/C11H16N2S/c1-2-9(6-12-5-1)11-13-7-10(14-11)8-3-4-8/h7-9,12H,1-6H2. The van der Waals surface area contributed by atoms with Gasteiger partial charge in [0.25, 0.3) is 0 Å². The quantitative estimate of drug-likeness (QED) is 0.807. The average molecular weight is 208 g/mol. The SMILES string of the molecule is c1nc(C2CCCNC2)sc1C1CC1. The lowest BCUT2D eigenvalue weighted by molar-refractivity contribution is 0.460. The molecule has 3 heteroatoms. The molecule has 1 aromatic heterocycles. The van der Waals surface area contributed by atoms with Gasteiger partial charge in [-0.3, -0.25) is 0 Å². The molecule has 0 aromatic carbocycles. The average Bonchev–Trinajstić information content (AvgIpc) is 2.98. The lowest BCUT2D eigenvalue weighted by atomic mass is 10.0. The summed E-state index contributed by atoms with van der Waals surface area (Å²) in [6, 6.07) is 0. The zero-order chi connectivity index (χ0) is 9.38. The molecule has 2 fully saturated rings. The van der Waals surface area contributed by atoms with E-state index in [4.69, 9.17) is 0 Å². The van der Waals surface area contributed by atoms with E-state index < -0.39 is 0 Å². The maximum atomic E-state index is 4.58. The summed E-state index contributed by atoms with van der Waals surface area (Å²) < 4.78 is 0. The van der Waals surface area contributed by atoms with E-state index in [0.717, 1.165) is 12.5 Å². The number of thiazole rings is 1. The van der Waals surface area contributed by atoms with Crippen molar-refractivity contribution in [1.82, 2.24) is 10.3 Å². The highest BCUT2D eigenvalue weighted by Crippen LogP contribution is 2.43. The molecule has 1 saturated carbocycles. The third-order valence-electron chi connectivity index (χ3n) is 3.17.